The zero-order valence-corrected chi connectivity index (χ0v) is 29.1. The van der Waals surface area contributed by atoms with E-state index in [1.54, 1.807) is 0 Å². The van der Waals surface area contributed by atoms with E-state index in [2.05, 4.69) is 116 Å². The maximum absolute atomic E-state index is 15.2. The summed E-state index contributed by atoms with van der Waals surface area (Å²) < 4.78 is 15.2. The average Bonchev–Trinajstić information content (AvgIpc) is 3.40. The fourth-order valence-electron chi connectivity index (χ4n) is 7.69. The van der Waals surface area contributed by atoms with E-state index in [9.17, 15) is 0 Å². The van der Waals surface area contributed by atoms with Crippen LogP contribution < -0.4 is 20.8 Å². The SMILES string of the molecule is CC1(C)c2ccccc2-c2c1ccc1c2Sc2ccc(-c3cccc(P(=O)(c4ccccc4)c4ccccc4)c3)cc2N1c1ccccc1. The van der Waals surface area contributed by atoms with Gasteiger partial charge in [0, 0.05) is 42.4 Å². The first-order chi connectivity index (χ1) is 23.9. The molecule has 0 saturated heterocycles. The van der Waals surface area contributed by atoms with E-state index >= 15 is 4.57 Å². The molecule has 1 heterocycles. The van der Waals surface area contributed by atoms with E-state index < -0.39 is 7.14 Å². The van der Waals surface area contributed by atoms with Crippen molar-refractivity contribution in [1.29, 1.82) is 0 Å². The molecular formula is C45H34NOPS. The van der Waals surface area contributed by atoms with E-state index in [0.29, 0.717) is 0 Å². The highest BCUT2D eigenvalue weighted by molar-refractivity contribution is 8.00. The second kappa shape index (κ2) is 11.5. The molecule has 0 N–H and O–H groups in total. The summed E-state index contributed by atoms with van der Waals surface area (Å²) in [4.78, 5) is 4.93. The minimum Gasteiger partial charge on any atom is -0.309 e. The molecule has 7 aromatic rings. The Morgan fingerprint density at radius 2 is 1.14 bits per heavy atom. The van der Waals surface area contributed by atoms with Crippen molar-refractivity contribution >= 4 is 51.9 Å². The van der Waals surface area contributed by atoms with Gasteiger partial charge in [-0.25, -0.2) is 0 Å². The molecule has 9 rings (SSSR count). The number of fused-ring (bicyclic) bond motifs is 6. The van der Waals surface area contributed by atoms with Crippen LogP contribution in [-0.4, -0.2) is 0 Å². The normalized spacial score (nSPS) is 14.0. The van der Waals surface area contributed by atoms with Gasteiger partial charge < -0.3 is 9.46 Å². The number of nitrogens with zero attached hydrogens (tertiary/aromatic N) is 1. The molecule has 2 nitrogen and oxygen atoms in total. The van der Waals surface area contributed by atoms with Crippen LogP contribution in [0.2, 0.25) is 0 Å². The molecule has 0 radical (unpaired) electrons. The third kappa shape index (κ3) is 4.68. The first kappa shape index (κ1) is 30.0. The number of hydrogen-bond donors (Lipinski definition) is 0. The molecular weight excluding hydrogens is 634 g/mol. The van der Waals surface area contributed by atoms with Gasteiger partial charge >= 0.3 is 0 Å². The summed E-state index contributed by atoms with van der Waals surface area (Å²) in [6, 6.07) is 59.1. The smallest absolute Gasteiger partial charge is 0.171 e. The maximum Gasteiger partial charge on any atom is 0.171 e. The Labute approximate surface area is 292 Å². The Balaban J connectivity index is 1.20. The van der Waals surface area contributed by atoms with Crippen LogP contribution in [0.3, 0.4) is 0 Å². The van der Waals surface area contributed by atoms with Gasteiger partial charge in [-0.15, -0.1) is 0 Å². The second-order valence-electron chi connectivity index (χ2n) is 13.3. The van der Waals surface area contributed by atoms with E-state index in [1.807, 2.05) is 84.6 Å². The van der Waals surface area contributed by atoms with Crippen LogP contribution in [0.15, 0.2) is 180 Å². The topological polar surface area (TPSA) is 20.3 Å². The van der Waals surface area contributed by atoms with Crippen LogP contribution in [0.5, 0.6) is 0 Å². The highest BCUT2D eigenvalue weighted by atomic mass is 32.2. The highest BCUT2D eigenvalue weighted by Crippen LogP contribution is 2.60. The zero-order valence-electron chi connectivity index (χ0n) is 27.4. The van der Waals surface area contributed by atoms with Gasteiger partial charge in [0.15, 0.2) is 7.14 Å². The van der Waals surface area contributed by atoms with Crippen molar-refractivity contribution in [3.63, 3.8) is 0 Å². The van der Waals surface area contributed by atoms with Gasteiger partial charge in [-0.3, -0.25) is 0 Å². The number of rotatable bonds is 5. The largest absolute Gasteiger partial charge is 0.309 e. The van der Waals surface area contributed by atoms with Crippen LogP contribution in [0, 0.1) is 0 Å². The van der Waals surface area contributed by atoms with Gasteiger partial charge in [-0.1, -0.05) is 159 Å². The summed E-state index contributed by atoms with van der Waals surface area (Å²) in [5.74, 6) is 0. The lowest BCUT2D eigenvalue weighted by atomic mass is 9.82. The van der Waals surface area contributed by atoms with Crippen LogP contribution >= 0.6 is 18.9 Å². The molecule has 4 heteroatoms. The van der Waals surface area contributed by atoms with Gasteiger partial charge in [0.2, 0.25) is 0 Å². The fourth-order valence-corrected chi connectivity index (χ4v) is 11.6. The van der Waals surface area contributed by atoms with E-state index in [1.165, 1.54) is 37.7 Å². The van der Waals surface area contributed by atoms with E-state index in [0.717, 1.165) is 38.4 Å². The summed E-state index contributed by atoms with van der Waals surface area (Å²) in [5.41, 5.74) is 11.0. The summed E-state index contributed by atoms with van der Waals surface area (Å²) in [5, 5.41) is 2.50. The number of anilines is 3. The van der Waals surface area contributed by atoms with Crippen molar-refractivity contribution < 1.29 is 4.57 Å². The van der Waals surface area contributed by atoms with Crippen molar-refractivity contribution in [2.75, 3.05) is 4.90 Å². The predicted molar refractivity (Wildman–Crippen MR) is 208 cm³/mol. The summed E-state index contributed by atoms with van der Waals surface area (Å²) in [7, 11) is -3.11. The molecule has 0 amide bonds. The lowest BCUT2D eigenvalue weighted by Crippen LogP contribution is -2.25. The first-order valence-corrected chi connectivity index (χ1v) is 19.2. The van der Waals surface area contributed by atoms with Crippen molar-refractivity contribution in [2.24, 2.45) is 0 Å². The third-order valence-electron chi connectivity index (χ3n) is 10.1. The van der Waals surface area contributed by atoms with E-state index in [4.69, 9.17) is 0 Å². The molecule has 0 unspecified atom stereocenters. The third-order valence-corrected chi connectivity index (χ3v) is 14.4. The second-order valence-corrected chi connectivity index (χ2v) is 17.1. The fraction of sp³-hybridized carbons (Fsp3) is 0.0667. The summed E-state index contributed by atoms with van der Waals surface area (Å²) in [6.45, 7) is 4.69. The zero-order chi connectivity index (χ0) is 33.2. The monoisotopic (exact) mass is 667 g/mol. The highest BCUT2D eigenvalue weighted by Gasteiger charge is 2.39. The van der Waals surface area contributed by atoms with Crippen molar-refractivity contribution in [3.05, 3.63) is 181 Å². The molecule has 0 spiro atoms. The Kier molecular flexibility index (Phi) is 7.06. The Morgan fingerprint density at radius 1 is 0.531 bits per heavy atom. The molecule has 49 heavy (non-hydrogen) atoms. The van der Waals surface area contributed by atoms with Crippen molar-refractivity contribution in [2.45, 2.75) is 29.1 Å². The molecule has 1 aliphatic carbocycles. The predicted octanol–water partition coefficient (Wildman–Crippen LogP) is 11.2. The quantitative estimate of drug-likeness (QED) is 0.170. The molecule has 0 aromatic heterocycles. The van der Waals surface area contributed by atoms with Crippen LogP contribution in [0.1, 0.15) is 25.0 Å². The number of hydrogen-bond acceptors (Lipinski definition) is 3. The lowest BCUT2D eigenvalue weighted by molar-refractivity contribution is 0.592. The standard InChI is InChI=1S/C45H34NOPS/c1-45(2)38-24-13-12-23-37(38)43-39(45)26-27-40-44(43)49-42-28-25-32(30-41(42)46(40)33-16-6-3-7-17-33)31-15-14-22-36(29-31)48(47,34-18-8-4-9-19-34)35-20-10-5-11-21-35/h3-30H,1-2H3. The molecule has 236 valence electrons. The maximum atomic E-state index is 15.2. The Bertz CT molecular complexity index is 2380. The molecule has 0 fully saturated rings. The van der Waals surface area contributed by atoms with Crippen LogP contribution in [-0.2, 0) is 9.98 Å². The van der Waals surface area contributed by atoms with Crippen LogP contribution in [0.4, 0.5) is 17.1 Å². The summed E-state index contributed by atoms with van der Waals surface area (Å²) >= 11 is 1.87. The molecule has 0 atom stereocenters. The lowest BCUT2D eigenvalue weighted by Gasteiger charge is -2.35. The van der Waals surface area contributed by atoms with Crippen molar-refractivity contribution in [1.82, 2.24) is 0 Å². The molecule has 2 aliphatic rings. The average molecular weight is 668 g/mol. The number of para-hydroxylation sites is 1. The van der Waals surface area contributed by atoms with Gasteiger partial charge in [-0.2, -0.15) is 0 Å². The summed E-state index contributed by atoms with van der Waals surface area (Å²) in [6.07, 6.45) is 0. The van der Waals surface area contributed by atoms with Gasteiger partial charge in [-0.05, 0) is 64.2 Å². The van der Waals surface area contributed by atoms with Crippen molar-refractivity contribution in [3.8, 4) is 22.3 Å². The molecule has 1 aliphatic heterocycles. The Morgan fingerprint density at radius 3 is 1.86 bits per heavy atom. The van der Waals surface area contributed by atoms with Gasteiger partial charge in [0.25, 0.3) is 0 Å². The minimum atomic E-state index is -3.11. The Hall–Kier alpha value is -5.08. The molecule has 0 bridgehead atoms. The van der Waals surface area contributed by atoms with Gasteiger partial charge in [0.1, 0.15) is 0 Å². The van der Waals surface area contributed by atoms with E-state index in [-0.39, 0.29) is 5.41 Å². The number of benzene rings is 7. The van der Waals surface area contributed by atoms with Crippen LogP contribution in [0.25, 0.3) is 22.3 Å². The van der Waals surface area contributed by atoms with Gasteiger partial charge in [0.05, 0.1) is 11.4 Å². The molecule has 0 saturated carbocycles. The minimum absolute atomic E-state index is 0.0623. The first-order valence-electron chi connectivity index (χ1n) is 16.7. The molecule has 7 aromatic carbocycles.